The molecule has 4 N–H and O–H groups in total. The standard InChI is InChI=1S/C9H7N3O6S2/c13-7-5(3-10-9(16)11-7)20(17,18)12-4-1-2-19-6(4)8(14)15/h1-3,12H,(H,14,15)(H2,10,11,13,16). The molecule has 0 fully saturated rings. The van der Waals surface area contributed by atoms with E-state index in [1.54, 1.807) is 4.98 Å². The molecule has 0 bridgehead atoms. The van der Waals surface area contributed by atoms with E-state index >= 15 is 0 Å². The Morgan fingerprint density at radius 3 is 2.65 bits per heavy atom. The maximum Gasteiger partial charge on any atom is 0.348 e. The summed E-state index contributed by atoms with van der Waals surface area (Å²) in [6.07, 6.45) is 0.732. The Kier molecular flexibility index (Phi) is 3.46. The molecule has 2 heterocycles. The van der Waals surface area contributed by atoms with Gasteiger partial charge in [-0.25, -0.2) is 18.0 Å². The number of rotatable bonds is 4. The van der Waals surface area contributed by atoms with Gasteiger partial charge in [-0.05, 0) is 11.4 Å². The number of H-pyrrole nitrogens is 2. The van der Waals surface area contributed by atoms with Gasteiger partial charge in [0.25, 0.3) is 15.6 Å². The fourth-order valence-corrected chi connectivity index (χ4v) is 3.18. The summed E-state index contributed by atoms with van der Waals surface area (Å²) in [7, 11) is -4.31. The summed E-state index contributed by atoms with van der Waals surface area (Å²) in [5.41, 5.74) is -2.11. The number of nitrogens with one attached hydrogen (secondary N) is 3. The molecular weight excluding hydrogens is 310 g/mol. The summed E-state index contributed by atoms with van der Waals surface area (Å²) >= 11 is 0.830. The number of aromatic carboxylic acids is 1. The van der Waals surface area contributed by atoms with Crippen molar-refractivity contribution in [3.63, 3.8) is 0 Å². The SMILES string of the molecule is O=C(O)c1sccc1NS(=O)(=O)c1c[nH]c(=O)[nH]c1=O. The van der Waals surface area contributed by atoms with Crippen LogP contribution in [0.15, 0.2) is 32.1 Å². The van der Waals surface area contributed by atoms with Gasteiger partial charge >= 0.3 is 11.7 Å². The fraction of sp³-hybridized carbons (Fsp3) is 0. The summed E-state index contributed by atoms with van der Waals surface area (Å²) in [6.45, 7) is 0. The second-order valence-electron chi connectivity index (χ2n) is 3.51. The first-order valence-corrected chi connectivity index (χ1v) is 7.33. The van der Waals surface area contributed by atoms with Crippen LogP contribution in [0.25, 0.3) is 0 Å². The Bertz CT molecular complexity index is 875. The number of sulfonamides is 1. The molecule has 0 atom stereocenters. The van der Waals surface area contributed by atoms with Crippen molar-refractivity contribution in [3.8, 4) is 0 Å². The minimum Gasteiger partial charge on any atom is -0.477 e. The highest BCUT2D eigenvalue weighted by atomic mass is 32.2. The van der Waals surface area contributed by atoms with E-state index in [1.807, 2.05) is 9.71 Å². The molecule has 9 nitrogen and oxygen atoms in total. The largest absolute Gasteiger partial charge is 0.477 e. The molecule has 0 aliphatic rings. The third-order valence-corrected chi connectivity index (χ3v) is 4.45. The number of carboxylic acids is 1. The van der Waals surface area contributed by atoms with Crippen LogP contribution in [0.5, 0.6) is 0 Å². The average molecular weight is 317 g/mol. The minimum atomic E-state index is -4.31. The Balaban J connectivity index is 2.46. The van der Waals surface area contributed by atoms with Crippen molar-refractivity contribution in [1.29, 1.82) is 0 Å². The van der Waals surface area contributed by atoms with Crippen LogP contribution in [0.4, 0.5) is 5.69 Å². The first-order chi connectivity index (χ1) is 9.31. The van der Waals surface area contributed by atoms with E-state index in [9.17, 15) is 22.8 Å². The molecule has 0 radical (unpaired) electrons. The van der Waals surface area contributed by atoms with E-state index in [-0.39, 0.29) is 10.6 Å². The maximum atomic E-state index is 12.0. The van der Waals surface area contributed by atoms with Crippen LogP contribution in [-0.2, 0) is 10.0 Å². The zero-order valence-corrected chi connectivity index (χ0v) is 11.2. The maximum absolute atomic E-state index is 12.0. The Morgan fingerprint density at radius 1 is 1.35 bits per heavy atom. The highest BCUT2D eigenvalue weighted by Gasteiger charge is 2.22. The number of aromatic amines is 2. The van der Waals surface area contributed by atoms with E-state index in [1.165, 1.54) is 11.4 Å². The molecule has 2 aromatic rings. The van der Waals surface area contributed by atoms with Crippen LogP contribution < -0.4 is 16.0 Å². The number of carbonyl (C=O) groups is 1. The van der Waals surface area contributed by atoms with Gasteiger partial charge in [0, 0.05) is 6.20 Å². The zero-order chi connectivity index (χ0) is 14.9. The number of hydrogen-bond acceptors (Lipinski definition) is 6. The molecule has 20 heavy (non-hydrogen) atoms. The van der Waals surface area contributed by atoms with Gasteiger partial charge in [0.15, 0.2) is 4.90 Å². The van der Waals surface area contributed by atoms with Crippen LogP contribution in [0.3, 0.4) is 0 Å². The smallest absolute Gasteiger partial charge is 0.348 e. The quantitative estimate of drug-likeness (QED) is 0.604. The number of anilines is 1. The third-order valence-electron chi connectivity index (χ3n) is 2.18. The molecule has 0 unspecified atom stereocenters. The Hall–Kier alpha value is -2.40. The topological polar surface area (TPSA) is 149 Å². The van der Waals surface area contributed by atoms with Gasteiger partial charge in [-0.3, -0.25) is 14.5 Å². The van der Waals surface area contributed by atoms with E-state index in [4.69, 9.17) is 5.11 Å². The van der Waals surface area contributed by atoms with Gasteiger partial charge in [0.2, 0.25) is 0 Å². The summed E-state index contributed by atoms with van der Waals surface area (Å²) in [4.78, 5) is 36.0. The van der Waals surface area contributed by atoms with E-state index in [2.05, 4.69) is 0 Å². The Morgan fingerprint density at radius 2 is 2.05 bits per heavy atom. The lowest BCUT2D eigenvalue weighted by Gasteiger charge is -2.06. The lowest BCUT2D eigenvalue weighted by Crippen LogP contribution is -2.29. The van der Waals surface area contributed by atoms with Gasteiger partial charge < -0.3 is 10.1 Å². The number of hydrogen-bond donors (Lipinski definition) is 4. The summed E-state index contributed by atoms with van der Waals surface area (Å²) in [6, 6.07) is 1.26. The second-order valence-corrected chi connectivity index (χ2v) is 6.08. The van der Waals surface area contributed by atoms with Crippen molar-refractivity contribution in [2.45, 2.75) is 4.90 Å². The van der Waals surface area contributed by atoms with E-state index in [0.29, 0.717) is 0 Å². The molecule has 0 saturated carbocycles. The van der Waals surface area contributed by atoms with Crippen molar-refractivity contribution in [1.82, 2.24) is 9.97 Å². The number of aromatic nitrogens is 2. The average Bonchev–Trinajstić information content (AvgIpc) is 2.75. The monoisotopic (exact) mass is 317 g/mol. The van der Waals surface area contributed by atoms with E-state index in [0.717, 1.165) is 17.5 Å². The van der Waals surface area contributed by atoms with Crippen LogP contribution in [-0.4, -0.2) is 29.5 Å². The fourth-order valence-electron chi connectivity index (χ4n) is 1.35. The second kappa shape index (κ2) is 4.94. The van der Waals surface area contributed by atoms with Gasteiger partial charge in [0.05, 0.1) is 5.69 Å². The van der Waals surface area contributed by atoms with Gasteiger partial charge in [0.1, 0.15) is 4.88 Å². The number of thiophene rings is 1. The van der Waals surface area contributed by atoms with Crippen molar-refractivity contribution >= 4 is 33.0 Å². The minimum absolute atomic E-state index is 0.159. The summed E-state index contributed by atoms with van der Waals surface area (Å²) < 4.78 is 25.9. The highest BCUT2D eigenvalue weighted by Crippen LogP contribution is 2.24. The molecule has 0 spiro atoms. The molecule has 0 aliphatic carbocycles. The highest BCUT2D eigenvalue weighted by molar-refractivity contribution is 7.92. The van der Waals surface area contributed by atoms with Crippen LogP contribution in [0.1, 0.15) is 9.67 Å². The lowest BCUT2D eigenvalue weighted by molar-refractivity contribution is 0.0703. The number of carboxylic acid groups (broad SMARTS) is 1. The third kappa shape index (κ3) is 2.62. The molecule has 0 amide bonds. The zero-order valence-electron chi connectivity index (χ0n) is 9.54. The first-order valence-electron chi connectivity index (χ1n) is 4.97. The van der Waals surface area contributed by atoms with Crippen LogP contribution in [0, 0.1) is 0 Å². The molecule has 0 aromatic carbocycles. The van der Waals surface area contributed by atoms with Crippen molar-refractivity contribution in [2.75, 3.05) is 4.72 Å². The predicted molar refractivity (Wildman–Crippen MR) is 69.8 cm³/mol. The molecular formula is C9H7N3O6S2. The normalized spacial score (nSPS) is 11.2. The lowest BCUT2D eigenvalue weighted by atomic mass is 10.4. The molecule has 2 rings (SSSR count). The molecule has 2 aromatic heterocycles. The van der Waals surface area contributed by atoms with Crippen LogP contribution >= 0.6 is 11.3 Å². The van der Waals surface area contributed by atoms with Gasteiger partial charge in [-0.15, -0.1) is 11.3 Å². The molecule has 0 saturated heterocycles. The van der Waals surface area contributed by atoms with Crippen molar-refractivity contribution in [2.24, 2.45) is 0 Å². The first kappa shape index (κ1) is 14.0. The van der Waals surface area contributed by atoms with Crippen molar-refractivity contribution < 1.29 is 18.3 Å². The predicted octanol–water partition coefficient (Wildman–Crippen LogP) is -0.376. The molecule has 0 aliphatic heterocycles. The summed E-state index contributed by atoms with van der Waals surface area (Å²) in [5, 5.41) is 10.3. The molecule has 11 heteroatoms. The molecule has 106 valence electrons. The Labute approximate surface area is 115 Å². The van der Waals surface area contributed by atoms with Crippen molar-refractivity contribution in [3.05, 3.63) is 43.4 Å². The van der Waals surface area contributed by atoms with Crippen LogP contribution in [0.2, 0.25) is 0 Å². The van der Waals surface area contributed by atoms with Gasteiger partial charge in [-0.1, -0.05) is 0 Å². The summed E-state index contributed by atoms with van der Waals surface area (Å²) in [5.74, 6) is -1.30. The van der Waals surface area contributed by atoms with E-state index < -0.39 is 32.1 Å². The van der Waals surface area contributed by atoms with Gasteiger partial charge in [-0.2, -0.15) is 0 Å².